The van der Waals surface area contributed by atoms with Crippen LogP contribution in [0.25, 0.3) is 0 Å². The Morgan fingerprint density at radius 3 is 2.25 bits per heavy atom. The Morgan fingerprint density at radius 2 is 1.57 bits per heavy atom. The molecule has 2 fully saturated rings. The number of hydrogen-bond acceptors (Lipinski definition) is 3. The first-order valence-corrected chi connectivity index (χ1v) is 10.9. The molecule has 2 N–H and O–H groups in total. The van der Waals surface area contributed by atoms with E-state index in [1.807, 2.05) is 0 Å². The third-order valence-corrected chi connectivity index (χ3v) is 6.19. The van der Waals surface area contributed by atoms with E-state index in [1.165, 1.54) is 44.3 Å². The Balaban J connectivity index is 1.32. The SMILES string of the molecule is CC1CCN(Cc2ccc(CNC(=O)CNC(=O)CC3CCCC3)cc2)CC1. The van der Waals surface area contributed by atoms with Crippen LogP contribution in [0.15, 0.2) is 24.3 Å². The number of hydrogen-bond donors (Lipinski definition) is 2. The van der Waals surface area contributed by atoms with Crippen LogP contribution in [0.4, 0.5) is 0 Å². The van der Waals surface area contributed by atoms with Crippen LogP contribution in [0.3, 0.4) is 0 Å². The van der Waals surface area contributed by atoms with Crippen molar-refractivity contribution < 1.29 is 9.59 Å². The number of rotatable bonds is 8. The summed E-state index contributed by atoms with van der Waals surface area (Å²) in [6.45, 7) is 6.28. The molecular formula is C23H35N3O2. The van der Waals surface area contributed by atoms with Gasteiger partial charge in [-0.25, -0.2) is 0 Å². The smallest absolute Gasteiger partial charge is 0.239 e. The molecule has 0 atom stereocenters. The Morgan fingerprint density at radius 1 is 0.929 bits per heavy atom. The lowest BCUT2D eigenvalue weighted by atomic mass is 9.99. The van der Waals surface area contributed by atoms with Gasteiger partial charge in [-0.2, -0.15) is 0 Å². The fourth-order valence-electron chi connectivity index (χ4n) is 4.23. The molecule has 1 aromatic carbocycles. The first-order chi connectivity index (χ1) is 13.6. The summed E-state index contributed by atoms with van der Waals surface area (Å²) in [6.07, 6.45) is 7.90. The maximum Gasteiger partial charge on any atom is 0.239 e. The van der Waals surface area contributed by atoms with Gasteiger partial charge < -0.3 is 10.6 Å². The van der Waals surface area contributed by atoms with Crippen LogP contribution in [0.5, 0.6) is 0 Å². The summed E-state index contributed by atoms with van der Waals surface area (Å²) in [5, 5.41) is 5.64. The molecule has 154 valence electrons. The van der Waals surface area contributed by atoms with E-state index in [-0.39, 0.29) is 18.4 Å². The summed E-state index contributed by atoms with van der Waals surface area (Å²) >= 11 is 0. The van der Waals surface area contributed by atoms with Crippen molar-refractivity contribution in [3.63, 3.8) is 0 Å². The number of carbonyl (C=O) groups excluding carboxylic acids is 2. The summed E-state index contributed by atoms with van der Waals surface area (Å²) in [5.74, 6) is 1.23. The molecule has 0 radical (unpaired) electrons. The minimum Gasteiger partial charge on any atom is -0.350 e. The molecule has 1 aromatic rings. The number of nitrogens with zero attached hydrogens (tertiary/aromatic N) is 1. The number of nitrogens with one attached hydrogen (secondary N) is 2. The highest BCUT2D eigenvalue weighted by atomic mass is 16.2. The normalized spacial score (nSPS) is 18.9. The molecule has 28 heavy (non-hydrogen) atoms. The summed E-state index contributed by atoms with van der Waals surface area (Å²) in [6, 6.07) is 8.48. The molecule has 1 saturated carbocycles. The lowest BCUT2D eigenvalue weighted by molar-refractivity contribution is -0.126. The maximum atomic E-state index is 12.0. The summed E-state index contributed by atoms with van der Waals surface area (Å²) in [7, 11) is 0. The van der Waals surface area contributed by atoms with E-state index in [0.717, 1.165) is 30.9 Å². The first-order valence-electron chi connectivity index (χ1n) is 10.9. The van der Waals surface area contributed by atoms with Crippen molar-refractivity contribution in [1.29, 1.82) is 0 Å². The molecule has 1 aliphatic heterocycles. The highest BCUT2D eigenvalue weighted by Crippen LogP contribution is 2.27. The molecule has 1 heterocycles. The average Bonchev–Trinajstić information content (AvgIpc) is 3.20. The van der Waals surface area contributed by atoms with Crippen molar-refractivity contribution in [2.24, 2.45) is 11.8 Å². The molecule has 0 spiro atoms. The molecule has 0 aromatic heterocycles. The Hall–Kier alpha value is -1.88. The topological polar surface area (TPSA) is 61.4 Å². The number of carbonyl (C=O) groups is 2. The molecule has 0 bridgehead atoms. The average molecular weight is 386 g/mol. The maximum absolute atomic E-state index is 12.0. The van der Waals surface area contributed by atoms with Crippen molar-refractivity contribution >= 4 is 11.8 Å². The van der Waals surface area contributed by atoms with Crippen molar-refractivity contribution in [3.05, 3.63) is 35.4 Å². The predicted molar refractivity (Wildman–Crippen MR) is 112 cm³/mol. The van der Waals surface area contributed by atoms with E-state index in [4.69, 9.17) is 0 Å². The van der Waals surface area contributed by atoms with Gasteiger partial charge >= 0.3 is 0 Å². The number of likely N-dealkylation sites (tertiary alicyclic amines) is 1. The van der Waals surface area contributed by atoms with Gasteiger partial charge in [0.2, 0.25) is 11.8 Å². The van der Waals surface area contributed by atoms with Gasteiger partial charge in [0.15, 0.2) is 0 Å². The lowest BCUT2D eigenvalue weighted by Crippen LogP contribution is -2.37. The van der Waals surface area contributed by atoms with Crippen molar-refractivity contribution in [1.82, 2.24) is 15.5 Å². The number of amides is 2. The zero-order valence-corrected chi connectivity index (χ0v) is 17.2. The van der Waals surface area contributed by atoms with E-state index in [2.05, 4.69) is 46.7 Å². The number of benzene rings is 1. The predicted octanol–water partition coefficient (Wildman–Crippen LogP) is 3.23. The minimum atomic E-state index is -0.133. The lowest BCUT2D eigenvalue weighted by Gasteiger charge is -2.30. The van der Waals surface area contributed by atoms with Crippen LogP contribution in [-0.2, 0) is 22.7 Å². The molecule has 5 nitrogen and oxygen atoms in total. The molecule has 1 aliphatic carbocycles. The first kappa shape index (κ1) is 20.8. The Kier molecular flexibility index (Phi) is 7.90. The molecule has 2 amide bonds. The highest BCUT2D eigenvalue weighted by Gasteiger charge is 2.18. The zero-order chi connectivity index (χ0) is 19.8. The minimum absolute atomic E-state index is 0.00138. The van der Waals surface area contributed by atoms with E-state index >= 15 is 0 Å². The zero-order valence-electron chi connectivity index (χ0n) is 17.2. The summed E-state index contributed by atoms with van der Waals surface area (Å²) in [5.41, 5.74) is 2.41. The van der Waals surface area contributed by atoms with Gasteiger partial charge in [-0.05, 0) is 61.7 Å². The summed E-state index contributed by atoms with van der Waals surface area (Å²) < 4.78 is 0. The Bertz CT molecular complexity index is 630. The van der Waals surface area contributed by atoms with E-state index in [0.29, 0.717) is 18.9 Å². The summed E-state index contributed by atoms with van der Waals surface area (Å²) in [4.78, 5) is 26.4. The van der Waals surface area contributed by atoms with Gasteiger partial charge in [0.1, 0.15) is 0 Å². The van der Waals surface area contributed by atoms with Gasteiger partial charge in [0.25, 0.3) is 0 Å². The monoisotopic (exact) mass is 385 g/mol. The molecule has 3 rings (SSSR count). The van der Waals surface area contributed by atoms with Crippen LogP contribution in [0.1, 0.15) is 63.0 Å². The van der Waals surface area contributed by atoms with Gasteiger partial charge in [-0.15, -0.1) is 0 Å². The second-order valence-corrected chi connectivity index (χ2v) is 8.68. The van der Waals surface area contributed by atoms with Crippen LogP contribution in [-0.4, -0.2) is 36.3 Å². The van der Waals surface area contributed by atoms with Crippen LogP contribution >= 0.6 is 0 Å². The standard InChI is InChI=1S/C23H35N3O2/c1-18-10-12-26(13-11-18)17-21-8-6-20(7-9-21)15-24-23(28)16-25-22(27)14-19-4-2-3-5-19/h6-9,18-19H,2-5,10-17H2,1H3,(H,24,28)(H,25,27). The van der Waals surface area contributed by atoms with Gasteiger partial charge in [-0.3, -0.25) is 14.5 Å². The third-order valence-electron chi connectivity index (χ3n) is 6.19. The fraction of sp³-hybridized carbons (Fsp3) is 0.652. The van der Waals surface area contributed by atoms with Crippen LogP contribution in [0.2, 0.25) is 0 Å². The van der Waals surface area contributed by atoms with Crippen molar-refractivity contribution in [2.75, 3.05) is 19.6 Å². The molecule has 5 heteroatoms. The molecule has 0 unspecified atom stereocenters. The third kappa shape index (κ3) is 6.93. The van der Waals surface area contributed by atoms with Crippen molar-refractivity contribution in [3.8, 4) is 0 Å². The molecular weight excluding hydrogens is 350 g/mol. The van der Waals surface area contributed by atoms with Crippen LogP contribution in [0, 0.1) is 11.8 Å². The van der Waals surface area contributed by atoms with Gasteiger partial charge in [0.05, 0.1) is 6.54 Å². The second-order valence-electron chi connectivity index (χ2n) is 8.68. The largest absolute Gasteiger partial charge is 0.350 e. The van der Waals surface area contributed by atoms with Crippen molar-refractivity contribution in [2.45, 2.75) is 65.0 Å². The van der Waals surface area contributed by atoms with Gasteiger partial charge in [-0.1, -0.05) is 44.0 Å². The van der Waals surface area contributed by atoms with E-state index < -0.39 is 0 Å². The molecule has 1 saturated heterocycles. The fourth-order valence-corrected chi connectivity index (χ4v) is 4.23. The highest BCUT2D eigenvalue weighted by molar-refractivity contribution is 5.84. The van der Waals surface area contributed by atoms with Gasteiger partial charge in [0, 0.05) is 19.5 Å². The molecule has 2 aliphatic rings. The second kappa shape index (κ2) is 10.6. The Labute approximate surface area is 169 Å². The number of piperidine rings is 1. The van der Waals surface area contributed by atoms with E-state index in [1.54, 1.807) is 0 Å². The van der Waals surface area contributed by atoms with E-state index in [9.17, 15) is 9.59 Å². The quantitative estimate of drug-likeness (QED) is 0.722. The van der Waals surface area contributed by atoms with Crippen LogP contribution < -0.4 is 10.6 Å².